The Morgan fingerprint density at radius 1 is 1.55 bits per heavy atom. The molecular formula is C14H22N4O2. The quantitative estimate of drug-likeness (QED) is 0.775. The zero-order valence-electron chi connectivity index (χ0n) is 11.9. The number of hydrogen-bond donors (Lipinski definition) is 2. The van der Waals surface area contributed by atoms with Crippen molar-refractivity contribution < 1.29 is 9.90 Å². The number of piperidine rings is 1. The molecule has 1 unspecified atom stereocenters. The van der Waals surface area contributed by atoms with Crippen molar-refractivity contribution in [3.63, 3.8) is 0 Å². The number of hydrogen-bond acceptors (Lipinski definition) is 5. The summed E-state index contributed by atoms with van der Waals surface area (Å²) in [6, 6.07) is 1.94. The standard InChI is InChI=1S/C14H22N4O2/c1-11-4-3-7-18(9-11)13-8-12(16-10-17-13)15-6-2-5-14(19)20/h8,10-11H,2-7,9H2,1H3,(H,19,20)(H,15,16,17). The van der Waals surface area contributed by atoms with Crippen molar-refractivity contribution in [3.8, 4) is 0 Å². The molecule has 2 heterocycles. The highest BCUT2D eigenvalue weighted by Crippen LogP contribution is 2.22. The number of carbonyl (C=O) groups is 1. The van der Waals surface area contributed by atoms with Crippen molar-refractivity contribution in [1.29, 1.82) is 0 Å². The van der Waals surface area contributed by atoms with E-state index in [1.54, 1.807) is 6.33 Å². The molecule has 110 valence electrons. The van der Waals surface area contributed by atoms with E-state index >= 15 is 0 Å². The number of rotatable bonds is 6. The van der Waals surface area contributed by atoms with Crippen LogP contribution >= 0.6 is 0 Å². The summed E-state index contributed by atoms with van der Waals surface area (Å²) in [5.74, 6) is 1.65. The molecule has 0 spiro atoms. The maximum Gasteiger partial charge on any atom is 0.303 e. The molecule has 2 N–H and O–H groups in total. The van der Waals surface area contributed by atoms with Crippen LogP contribution in [0, 0.1) is 5.92 Å². The van der Waals surface area contributed by atoms with Gasteiger partial charge in [0.2, 0.25) is 0 Å². The number of carboxylic acid groups (broad SMARTS) is 1. The molecule has 20 heavy (non-hydrogen) atoms. The molecule has 0 aromatic carbocycles. The SMILES string of the molecule is CC1CCCN(c2cc(NCCCC(=O)O)ncn2)C1. The monoisotopic (exact) mass is 278 g/mol. The van der Waals surface area contributed by atoms with Gasteiger partial charge in [-0.05, 0) is 25.2 Å². The highest BCUT2D eigenvalue weighted by Gasteiger charge is 2.17. The first-order chi connectivity index (χ1) is 9.65. The molecule has 2 rings (SSSR count). The maximum absolute atomic E-state index is 10.4. The van der Waals surface area contributed by atoms with E-state index in [0.717, 1.165) is 24.7 Å². The fraction of sp³-hybridized carbons (Fsp3) is 0.643. The van der Waals surface area contributed by atoms with Gasteiger partial charge in [-0.25, -0.2) is 9.97 Å². The molecule has 1 atom stereocenters. The van der Waals surface area contributed by atoms with Crippen LogP contribution in [0.1, 0.15) is 32.6 Å². The van der Waals surface area contributed by atoms with Gasteiger partial charge in [0.05, 0.1) is 0 Å². The van der Waals surface area contributed by atoms with E-state index in [-0.39, 0.29) is 6.42 Å². The van der Waals surface area contributed by atoms with E-state index in [4.69, 9.17) is 5.11 Å². The van der Waals surface area contributed by atoms with Crippen LogP contribution in [-0.2, 0) is 4.79 Å². The molecule has 0 radical (unpaired) electrons. The highest BCUT2D eigenvalue weighted by atomic mass is 16.4. The van der Waals surface area contributed by atoms with Crippen LogP contribution in [0.25, 0.3) is 0 Å². The third-order valence-electron chi connectivity index (χ3n) is 3.51. The Morgan fingerprint density at radius 3 is 3.15 bits per heavy atom. The van der Waals surface area contributed by atoms with Crippen LogP contribution < -0.4 is 10.2 Å². The van der Waals surface area contributed by atoms with Gasteiger partial charge in [0.1, 0.15) is 18.0 Å². The van der Waals surface area contributed by atoms with Crippen LogP contribution in [0.15, 0.2) is 12.4 Å². The number of anilines is 2. The van der Waals surface area contributed by atoms with Crippen molar-refractivity contribution in [2.75, 3.05) is 29.9 Å². The van der Waals surface area contributed by atoms with Crippen molar-refractivity contribution in [1.82, 2.24) is 9.97 Å². The summed E-state index contributed by atoms with van der Waals surface area (Å²) in [7, 11) is 0. The van der Waals surface area contributed by atoms with Crippen LogP contribution in [0.5, 0.6) is 0 Å². The lowest BCUT2D eigenvalue weighted by molar-refractivity contribution is -0.137. The number of carboxylic acids is 1. The summed E-state index contributed by atoms with van der Waals surface area (Å²) in [4.78, 5) is 21.2. The third kappa shape index (κ3) is 4.36. The van der Waals surface area contributed by atoms with Gasteiger partial charge in [0, 0.05) is 32.1 Å². The van der Waals surface area contributed by atoms with Gasteiger partial charge in [-0.3, -0.25) is 4.79 Å². The summed E-state index contributed by atoms with van der Waals surface area (Å²) in [5, 5.41) is 11.7. The summed E-state index contributed by atoms with van der Waals surface area (Å²) >= 11 is 0. The van der Waals surface area contributed by atoms with Crippen LogP contribution in [0.2, 0.25) is 0 Å². The molecule has 0 bridgehead atoms. The van der Waals surface area contributed by atoms with Crippen LogP contribution in [0.3, 0.4) is 0 Å². The van der Waals surface area contributed by atoms with Gasteiger partial charge < -0.3 is 15.3 Å². The van der Waals surface area contributed by atoms with E-state index in [1.807, 2.05) is 6.07 Å². The molecule has 1 fully saturated rings. The fourth-order valence-electron chi connectivity index (χ4n) is 2.47. The number of nitrogens with one attached hydrogen (secondary N) is 1. The zero-order chi connectivity index (χ0) is 14.4. The minimum absolute atomic E-state index is 0.175. The highest BCUT2D eigenvalue weighted by molar-refractivity contribution is 5.66. The predicted molar refractivity (Wildman–Crippen MR) is 78.0 cm³/mol. The molecule has 0 saturated carbocycles. The Hall–Kier alpha value is -1.85. The average molecular weight is 278 g/mol. The summed E-state index contributed by atoms with van der Waals surface area (Å²) < 4.78 is 0. The summed E-state index contributed by atoms with van der Waals surface area (Å²) in [5.41, 5.74) is 0. The van der Waals surface area contributed by atoms with Crippen molar-refractivity contribution >= 4 is 17.6 Å². The lowest BCUT2D eigenvalue weighted by Gasteiger charge is -2.31. The number of aliphatic carboxylic acids is 1. The second kappa shape index (κ2) is 7.07. The van der Waals surface area contributed by atoms with Crippen LogP contribution in [-0.4, -0.2) is 40.7 Å². The zero-order valence-corrected chi connectivity index (χ0v) is 11.9. The van der Waals surface area contributed by atoms with Gasteiger partial charge in [-0.1, -0.05) is 6.92 Å². The summed E-state index contributed by atoms with van der Waals surface area (Å²) in [6.45, 7) is 4.95. The maximum atomic E-state index is 10.4. The van der Waals surface area contributed by atoms with Gasteiger partial charge in [-0.2, -0.15) is 0 Å². The van der Waals surface area contributed by atoms with E-state index in [0.29, 0.717) is 18.9 Å². The minimum atomic E-state index is -0.766. The van der Waals surface area contributed by atoms with Crippen LogP contribution in [0.4, 0.5) is 11.6 Å². The predicted octanol–water partition coefficient (Wildman–Crippen LogP) is 1.99. The molecular weight excluding hydrogens is 256 g/mol. The second-order valence-electron chi connectivity index (χ2n) is 5.38. The minimum Gasteiger partial charge on any atom is -0.481 e. The van der Waals surface area contributed by atoms with E-state index in [1.165, 1.54) is 12.8 Å². The molecule has 1 saturated heterocycles. The molecule has 6 nitrogen and oxygen atoms in total. The molecule has 1 aromatic rings. The normalized spacial score (nSPS) is 18.9. The average Bonchev–Trinajstić information content (AvgIpc) is 2.44. The third-order valence-corrected chi connectivity index (χ3v) is 3.51. The number of aromatic nitrogens is 2. The second-order valence-corrected chi connectivity index (χ2v) is 5.38. The first kappa shape index (κ1) is 14.6. The van der Waals surface area contributed by atoms with Crippen molar-refractivity contribution in [2.24, 2.45) is 5.92 Å². The van der Waals surface area contributed by atoms with Gasteiger partial charge in [0.15, 0.2) is 0 Å². The molecule has 1 aromatic heterocycles. The van der Waals surface area contributed by atoms with Gasteiger partial charge >= 0.3 is 5.97 Å². The lowest BCUT2D eigenvalue weighted by Crippen LogP contribution is -2.34. The van der Waals surface area contributed by atoms with Crippen molar-refractivity contribution in [2.45, 2.75) is 32.6 Å². The summed E-state index contributed by atoms with van der Waals surface area (Å²) in [6.07, 6.45) is 4.81. The Bertz CT molecular complexity index is 453. The first-order valence-corrected chi connectivity index (χ1v) is 7.18. The van der Waals surface area contributed by atoms with E-state index in [9.17, 15) is 4.79 Å². The largest absolute Gasteiger partial charge is 0.481 e. The number of nitrogens with zero attached hydrogens (tertiary/aromatic N) is 3. The Kier molecular flexibility index (Phi) is 5.15. The van der Waals surface area contributed by atoms with E-state index in [2.05, 4.69) is 27.1 Å². The topological polar surface area (TPSA) is 78.4 Å². The molecule has 0 aliphatic carbocycles. The molecule has 6 heteroatoms. The van der Waals surface area contributed by atoms with Crippen molar-refractivity contribution in [3.05, 3.63) is 12.4 Å². The fourth-order valence-corrected chi connectivity index (χ4v) is 2.47. The smallest absolute Gasteiger partial charge is 0.303 e. The van der Waals surface area contributed by atoms with Gasteiger partial charge in [0.25, 0.3) is 0 Å². The molecule has 0 amide bonds. The lowest BCUT2D eigenvalue weighted by atomic mass is 10.0. The van der Waals surface area contributed by atoms with Gasteiger partial charge in [-0.15, -0.1) is 0 Å². The Balaban J connectivity index is 1.88. The molecule has 1 aliphatic rings. The molecule has 1 aliphatic heterocycles. The Labute approximate surface area is 119 Å². The Morgan fingerprint density at radius 2 is 2.40 bits per heavy atom. The van der Waals surface area contributed by atoms with E-state index < -0.39 is 5.97 Å². The first-order valence-electron chi connectivity index (χ1n) is 7.18.